The molecule has 1 aromatic heterocycles. The summed E-state index contributed by atoms with van der Waals surface area (Å²) < 4.78 is 2.22. The van der Waals surface area contributed by atoms with E-state index in [1.54, 1.807) is 0 Å². The van der Waals surface area contributed by atoms with Gasteiger partial charge in [-0.1, -0.05) is 37.3 Å². The number of aromatic nitrogens is 1. The number of rotatable bonds is 6. The molecule has 0 radical (unpaired) electrons. The quantitative estimate of drug-likeness (QED) is 0.420. The Morgan fingerprint density at radius 3 is 2.36 bits per heavy atom. The molecule has 0 saturated carbocycles. The second-order valence-corrected chi connectivity index (χ2v) is 5.82. The van der Waals surface area contributed by atoms with E-state index in [4.69, 9.17) is 0 Å². The number of hydrogen-bond donors (Lipinski definition) is 0. The number of nitrogens with zero attached hydrogens (tertiary/aromatic N) is 1. The molecule has 0 atom stereocenters. The summed E-state index contributed by atoms with van der Waals surface area (Å²) >= 11 is 0. The van der Waals surface area contributed by atoms with Gasteiger partial charge in [-0.15, -0.1) is 0 Å². The van der Waals surface area contributed by atoms with Crippen LogP contribution in [-0.4, -0.2) is 0 Å². The molecule has 2 rings (SSSR count). The van der Waals surface area contributed by atoms with Crippen molar-refractivity contribution in [1.29, 1.82) is 0 Å². The van der Waals surface area contributed by atoms with E-state index in [0.717, 1.165) is 24.9 Å². The Hall–Kier alpha value is -2.07. The smallest absolute Gasteiger partial charge is 0.169 e. The first-order valence-corrected chi connectivity index (χ1v) is 8.31. The lowest BCUT2D eigenvalue weighted by Gasteiger charge is -1.99. The van der Waals surface area contributed by atoms with Crippen LogP contribution in [0.1, 0.15) is 49.3 Å². The van der Waals surface area contributed by atoms with Gasteiger partial charge in [-0.05, 0) is 43.0 Å². The first-order chi connectivity index (χ1) is 10.8. The number of pyridine rings is 1. The summed E-state index contributed by atoms with van der Waals surface area (Å²) in [6.45, 7) is 5.38. The zero-order chi connectivity index (χ0) is 15.6. The van der Waals surface area contributed by atoms with Crippen molar-refractivity contribution >= 4 is 0 Å². The summed E-state index contributed by atoms with van der Waals surface area (Å²) in [5.74, 6) is 6.55. The average Bonchev–Trinajstić information content (AvgIpc) is 2.55. The van der Waals surface area contributed by atoms with E-state index in [9.17, 15) is 0 Å². The van der Waals surface area contributed by atoms with Crippen LogP contribution in [0.2, 0.25) is 0 Å². The van der Waals surface area contributed by atoms with E-state index in [-0.39, 0.29) is 0 Å². The number of benzene rings is 1. The van der Waals surface area contributed by atoms with Gasteiger partial charge < -0.3 is 0 Å². The largest absolute Gasteiger partial charge is 0.205 e. The Morgan fingerprint density at radius 2 is 1.68 bits per heavy atom. The maximum atomic E-state index is 3.28. The fraction of sp³-hybridized carbons (Fsp3) is 0.381. The van der Waals surface area contributed by atoms with Crippen LogP contribution in [-0.2, 0) is 13.0 Å². The Balaban J connectivity index is 1.75. The molecular weight excluding hydrogens is 266 g/mol. The predicted octanol–water partition coefficient (Wildman–Crippen LogP) is 4.46. The summed E-state index contributed by atoms with van der Waals surface area (Å²) in [7, 11) is 0. The zero-order valence-corrected chi connectivity index (χ0v) is 13.8. The third-order valence-corrected chi connectivity index (χ3v) is 3.78. The first-order valence-electron chi connectivity index (χ1n) is 8.31. The van der Waals surface area contributed by atoms with Gasteiger partial charge in [-0.25, -0.2) is 4.57 Å². The van der Waals surface area contributed by atoms with Gasteiger partial charge in [0.2, 0.25) is 0 Å². The molecule has 0 aliphatic rings. The molecule has 22 heavy (non-hydrogen) atoms. The Bertz CT molecular complexity index is 612. The second-order valence-electron chi connectivity index (χ2n) is 5.82. The standard InChI is InChI=1S/C21H26N/c1-3-4-8-20-10-12-21(13-11-20)9-6-5-7-16-22-17-14-19(2)15-18-22/h10-15,17-18H,3-5,7-8,16H2,1-2H3/q+1. The molecule has 0 unspecified atom stereocenters. The molecular formula is C21H26N+. The van der Waals surface area contributed by atoms with Gasteiger partial charge in [0.25, 0.3) is 0 Å². The van der Waals surface area contributed by atoms with Crippen molar-refractivity contribution < 1.29 is 4.57 Å². The van der Waals surface area contributed by atoms with Crippen LogP contribution >= 0.6 is 0 Å². The Labute approximate surface area is 135 Å². The molecule has 0 N–H and O–H groups in total. The summed E-state index contributed by atoms with van der Waals surface area (Å²) in [6.07, 6.45) is 10.0. The third kappa shape index (κ3) is 5.74. The molecule has 114 valence electrons. The molecule has 0 fully saturated rings. The van der Waals surface area contributed by atoms with Gasteiger partial charge in [0.05, 0.1) is 0 Å². The first kappa shape index (κ1) is 16.3. The van der Waals surface area contributed by atoms with Crippen LogP contribution in [0, 0.1) is 18.8 Å². The van der Waals surface area contributed by atoms with Crippen LogP contribution < -0.4 is 4.57 Å². The number of aryl methyl sites for hydroxylation is 3. The van der Waals surface area contributed by atoms with E-state index in [1.165, 1.54) is 30.4 Å². The van der Waals surface area contributed by atoms with Crippen molar-refractivity contribution in [3.63, 3.8) is 0 Å². The maximum Gasteiger partial charge on any atom is 0.169 e. The van der Waals surface area contributed by atoms with Crippen LogP contribution in [0.4, 0.5) is 0 Å². The Kier molecular flexibility index (Phi) is 6.71. The lowest BCUT2D eigenvalue weighted by molar-refractivity contribution is -0.697. The van der Waals surface area contributed by atoms with Gasteiger partial charge in [0, 0.05) is 30.5 Å². The molecule has 2 aromatic rings. The number of hydrogen-bond acceptors (Lipinski definition) is 0. The van der Waals surface area contributed by atoms with E-state index in [2.05, 4.69) is 79.0 Å². The van der Waals surface area contributed by atoms with Gasteiger partial charge >= 0.3 is 0 Å². The minimum Gasteiger partial charge on any atom is -0.205 e. The molecule has 0 spiro atoms. The highest BCUT2D eigenvalue weighted by molar-refractivity contribution is 5.36. The summed E-state index contributed by atoms with van der Waals surface area (Å²) in [4.78, 5) is 0. The SMILES string of the molecule is CCCCc1ccc(C#CCCC[n+]2ccc(C)cc2)cc1. The third-order valence-electron chi connectivity index (χ3n) is 3.78. The highest BCUT2D eigenvalue weighted by atomic mass is 14.9. The van der Waals surface area contributed by atoms with Crippen molar-refractivity contribution in [3.05, 3.63) is 65.5 Å². The summed E-state index contributed by atoms with van der Waals surface area (Å²) in [5.41, 5.74) is 3.85. The summed E-state index contributed by atoms with van der Waals surface area (Å²) in [6, 6.07) is 13.0. The van der Waals surface area contributed by atoms with Gasteiger partial charge in [-0.3, -0.25) is 0 Å². The minimum absolute atomic E-state index is 0.943. The minimum atomic E-state index is 0.943. The monoisotopic (exact) mass is 292 g/mol. The predicted molar refractivity (Wildman–Crippen MR) is 92.5 cm³/mol. The fourth-order valence-corrected chi connectivity index (χ4v) is 2.33. The molecule has 0 aliphatic carbocycles. The van der Waals surface area contributed by atoms with Gasteiger partial charge in [0.15, 0.2) is 12.4 Å². The molecule has 0 saturated heterocycles. The maximum absolute atomic E-state index is 3.28. The zero-order valence-electron chi connectivity index (χ0n) is 13.8. The molecule has 1 nitrogen and oxygen atoms in total. The van der Waals surface area contributed by atoms with Crippen molar-refractivity contribution in [2.45, 2.75) is 52.5 Å². The van der Waals surface area contributed by atoms with E-state index in [0.29, 0.717) is 0 Å². The lowest BCUT2D eigenvalue weighted by atomic mass is 10.1. The van der Waals surface area contributed by atoms with E-state index >= 15 is 0 Å². The van der Waals surface area contributed by atoms with E-state index in [1.807, 2.05) is 0 Å². The second kappa shape index (κ2) is 9.05. The van der Waals surface area contributed by atoms with E-state index < -0.39 is 0 Å². The fourth-order valence-electron chi connectivity index (χ4n) is 2.33. The molecule has 0 bridgehead atoms. The highest BCUT2D eigenvalue weighted by Gasteiger charge is 1.97. The van der Waals surface area contributed by atoms with Crippen LogP contribution in [0.25, 0.3) is 0 Å². The molecule has 1 heteroatoms. The van der Waals surface area contributed by atoms with Crippen molar-refractivity contribution in [1.82, 2.24) is 0 Å². The Morgan fingerprint density at radius 1 is 0.955 bits per heavy atom. The number of unbranched alkanes of at least 4 members (excludes halogenated alkanes) is 2. The summed E-state index contributed by atoms with van der Waals surface area (Å²) in [5, 5.41) is 0. The van der Waals surface area contributed by atoms with Gasteiger partial charge in [-0.2, -0.15) is 0 Å². The topological polar surface area (TPSA) is 3.88 Å². The molecule has 0 aliphatic heterocycles. The molecule has 0 amide bonds. The van der Waals surface area contributed by atoms with Crippen LogP contribution in [0.15, 0.2) is 48.8 Å². The van der Waals surface area contributed by atoms with Crippen molar-refractivity contribution in [2.75, 3.05) is 0 Å². The van der Waals surface area contributed by atoms with Crippen LogP contribution in [0.5, 0.6) is 0 Å². The molecule has 1 aromatic carbocycles. The lowest BCUT2D eigenvalue weighted by Crippen LogP contribution is -2.32. The van der Waals surface area contributed by atoms with Crippen LogP contribution in [0.3, 0.4) is 0 Å². The normalized spacial score (nSPS) is 10.1. The van der Waals surface area contributed by atoms with Crippen molar-refractivity contribution in [2.24, 2.45) is 0 Å². The highest BCUT2D eigenvalue weighted by Crippen LogP contribution is 2.07. The van der Waals surface area contributed by atoms with Crippen molar-refractivity contribution in [3.8, 4) is 11.8 Å². The van der Waals surface area contributed by atoms with Gasteiger partial charge in [0.1, 0.15) is 6.54 Å². The molecule has 1 heterocycles. The average molecular weight is 292 g/mol.